The Bertz CT molecular complexity index is 2030. The predicted molar refractivity (Wildman–Crippen MR) is 220 cm³/mol. The summed E-state index contributed by atoms with van der Waals surface area (Å²) in [5.74, 6) is -1.48. The summed E-state index contributed by atoms with van der Waals surface area (Å²) in [7, 11) is -3.41. The highest BCUT2D eigenvalue weighted by Gasteiger charge is 2.71. The maximum Gasteiger partial charge on any atom is 0.309 e. The van der Waals surface area contributed by atoms with E-state index in [-0.39, 0.29) is 69.2 Å². The summed E-state index contributed by atoms with van der Waals surface area (Å²) in [6, 6.07) is 5.78. The van der Waals surface area contributed by atoms with Crippen molar-refractivity contribution >= 4 is 33.5 Å². The third-order valence-corrected chi connectivity index (χ3v) is 19.3. The van der Waals surface area contributed by atoms with Crippen molar-refractivity contribution in [2.45, 2.75) is 144 Å². The number of carboxylic acid groups (broad SMARTS) is 1. The van der Waals surface area contributed by atoms with Crippen molar-refractivity contribution < 1.29 is 42.5 Å². The van der Waals surface area contributed by atoms with Gasteiger partial charge < -0.3 is 20.3 Å². The molecule has 320 valence electrons. The fraction of sp³-hybridized carbons (Fsp3) is 0.745. The fourth-order valence-electron chi connectivity index (χ4n) is 14.6. The number of aliphatic hydroxyl groups excluding tert-OH is 1. The standard InChI is InChI=1S/C47H67NO9S/c1-26(2)37-32(49)24-47(35(50)25-48-39(51)27-11-13-28(14-12-27)58(10,55)56)22-21-45(8)29(38(37)47)15-16-34-44(7)19-18-36(43(5,6)33(44)17-20-46(34,45)9)57-41(54)31-23-30(40(52)53)42(31,3)4/h11-14,26,29-31,33-36,50H,15-25H2,1-10H3,(H,48,51)(H,52,53)/t29-,30+,31-,33+,34-,35+,36+,44+,45-,46-,47+/m1/s1. The van der Waals surface area contributed by atoms with E-state index in [1.54, 1.807) is 0 Å². The third kappa shape index (κ3) is 6.19. The molecule has 0 saturated heterocycles. The molecule has 6 aliphatic rings. The number of aliphatic carboxylic acids is 1. The molecule has 11 heteroatoms. The second kappa shape index (κ2) is 14.0. The van der Waals surface area contributed by atoms with Gasteiger partial charge in [0.2, 0.25) is 0 Å². The highest BCUT2D eigenvalue weighted by atomic mass is 32.2. The molecule has 10 nitrogen and oxygen atoms in total. The van der Waals surface area contributed by atoms with Crippen LogP contribution in [0.2, 0.25) is 0 Å². The first-order chi connectivity index (χ1) is 26.8. The number of esters is 1. The number of sulfone groups is 1. The van der Waals surface area contributed by atoms with Crippen LogP contribution in [0.4, 0.5) is 0 Å². The summed E-state index contributed by atoms with van der Waals surface area (Å²) in [6.45, 7) is 19.9. The summed E-state index contributed by atoms with van der Waals surface area (Å²) >= 11 is 0. The minimum absolute atomic E-state index is 0.0000279. The van der Waals surface area contributed by atoms with Crippen LogP contribution in [0, 0.1) is 68.0 Å². The molecule has 1 amide bonds. The van der Waals surface area contributed by atoms with E-state index in [1.165, 1.54) is 24.3 Å². The van der Waals surface area contributed by atoms with E-state index in [2.05, 4.69) is 53.8 Å². The maximum absolute atomic E-state index is 14.1. The number of amides is 1. The summed E-state index contributed by atoms with van der Waals surface area (Å²) in [5.41, 5.74) is 0.492. The lowest BCUT2D eigenvalue weighted by Gasteiger charge is -2.72. The largest absolute Gasteiger partial charge is 0.481 e. The molecule has 0 spiro atoms. The number of rotatable bonds is 9. The predicted octanol–water partition coefficient (Wildman–Crippen LogP) is 7.82. The van der Waals surface area contributed by atoms with E-state index < -0.39 is 50.5 Å². The summed E-state index contributed by atoms with van der Waals surface area (Å²) in [5, 5.41) is 24.8. The number of carboxylic acids is 1. The molecule has 11 atom stereocenters. The number of hydrogen-bond acceptors (Lipinski definition) is 8. The number of Topliss-reactive ketones (excluding diaryl/α,β-unsaturated/α-hetero) is 1. The number of hydrogen-bond donors (Lipinski definition) is 3. The molecule has 5 saturated carbocycles. The number of carbonyl (C=O) groups is 4. The van der Waals surface area contributed by atoms with Gasteiger partial charge in [0.05, 0.1) is 22.8 Å². The van der Waals surface area contributed by atoms with E-state index in [9.17, 15) is 37.8 Å². The topological polar surface area (TPSA) is 164 Å². The molecule has 0 aromatic heterocycles. The van der Waals surface area contributed by atoms with Crippen LogP contribution in [0.1, 0.15) is 137 Å². The number of allylic oxidation sites excluding steroid dienone is 1. The van der Waals surface area contributed by atoms with Gasteiger partial charge in [-0.15, -0.1) is 0 Å². The van der Waals surface area contributed by atoms with Crippen LogP contribution in [0.25, 0.3) is 0 Å². The average Bonchev–Trinajstić information content (AvgIpc) is 3.44. The summed E-state index contributed by atoms with van der Waals surface area (Å²) < 4.78 is 30.3. The highest BCUT2D eigenvalue weighted by Crippen LogP contribution is 2.77. The molecule has 0 radical (unpaired) electrons. The van der Waals surface area contributed by atoms with Crippen molar-refractivity contribution in [2.75, 3.05) is 12.8 Å². The maximum atomic E-state index is 14.1. The zero-order valence-corrected chi connectivity index (χ0v) is 37.2. The second-order valence-electron chi connectivity index (χ2n) is 21.7. The first-order valence-electron chi connectivity index (χ1n) is 21.7. The average molecular weight is 822 g/mol. The van der Waals surface area contributed by atoms with Crippen LogP contribution in [-0.4, -0.2) is 67.3 Å². The van der Waals surface area contributed by atoms with Gasteiger partial charge in [-0.25, -0.2) is 8.42 Å². The monoisotopic (exact) mass is 821 g/mol. The third-order valence-electron chi connectivity index (χ3n) is 18.2. The number of benzene rings is 1. The first-order valence-corrected chi connectivity index (χ1v) is 23.6. The van der Waals surface area contributed by atoms with Gasteiger partial charge in [0, 0.05) is 35.6 Å². The number of nitrogens with one attached hydrogen (secondary N) is 1. The van der Waals surface area contributed by atoms with E-state index in [1.807, 2.05) is 13.8 Å². The van der Waals surface area contributed by atoms with E-state index >= 15 is 0 Å². The lowest BCUT2D eigenvalue weighted by atomic mass is 9.33. The molecular weight excluding hydrogens is 755 g/mol. The molecular formula is C47H67NO9S. The molecule has 3 N–H and O–H groups in total. The van der Waals surface area contributed by atoms with Gasteiger partial charge in [0.1, 0.15) is 6.10 Å². The molecule has 0 bridgehead atoms. The Kier molecular flexibility index (Phi) is 10.4. The Morgan fingerprint density at radius 1 is 0.845 bits per heavy atom. The molecule has 1 aromatic carbocycles. The zero-order chi connectivity index (χ0) is 42.8. The lowest BCUT2D eigenvalue weighted by Crippen LogP contribution is -2.66. The first kappa shape index (κ1) is 43.1. The molecule has 6 aliphatic carbocycles. The number of ketones is 1. The smallest absolute Gasteiger partial charge is 0.309 e. The number of aliphatic hydroxyl groups is 1. The molecule has 58 heavy (non-hydrogen) atoms. The van der Waals surface area contributed by atoms with Crippen molar-refractivity contribution in [3.05, 3.63) is 41.0 Å². The molecule has 0 unspecified atom stereocenters. The van der Waals surface area contributed by atoms with Crippen molar-refractivity contribution in [1.82, 2.24) is 5.32 Å². The Labute approximate surface area is 345 Å². The molecule has 7 rings (SSSR count). The van der Waals surface area contributed by atoms with Crippen LogP contribution < -0.4 is 5.32 Å². The zero-order valence-electron chi connectivity index (χ0n) is 36.4. The minimum Gasteiger partial charge on any atom is -0.481 e. The van der Waals surface area contributed by atoms with Gasteiger partial charge in [0.15, 0.2) is 15.6 Å². The second-order valence-corrected chi connectivity index (χ2v) is 23.7. The highest BCUT2D eigenvalue weighted by molar-refractivity contribution is 7.90. The Hall–Kier alpha value is -3.05. The number of fused-ring (bicyclic) bond motifs is 7. The van der Waals surface area contributed by atoms with E-state index in [0.717, 1.165) is 62.3 Å². The van der Waals surface area contributed by atoms with Gasteiger partial charge in [0.25, 0.3) is 5.91 Å². The molecule has 0 aliphatic heterocycles. The van der Waals surface area contributed by atoms with Crippen molar-refractivity contribution in [3.63, 3.8) is 0 Å². The fourth-order valence-corrected chi connectivity index (χ4v) is 15.2. The number of carbonyl (C=O) groups excluding carboxylic acids is 3. The Balaban J connectivity index is 1.12. The Morgan fingerprint density at radius 3 is 2.09 bits per heavy atom. The summed E-state index contributed by atoms with van der Waals surface area (Å²) in [6.07, 6.45) is 7.68. The van der Waals surface area contributed by atoms with E-state index in [4.69, 9.17) is 4.74 Å². The van der Waals surface area contributed by atoms with Gasteiger partial charge in [-0.3, -0.25) is 19.2 Å². The van der Waals surface area contributed by atoms with Crippen LogP contribution in [0.5, 0.6) is 0 Å². The van der Waals surface area contributed by atoms with Gasteiger partial charge in [-0.2, -0.15) is 0 Å². The van der Waals surface area contributed by atoms with Gasteiger partial charge in [-0.05, 0) is 133 Å². The van der Waals surface area contributed by atoms with Crippen molar-refractivity contribution in [1.29, 1.82) is 0 Å². The molecule has 0 heterocycles. The van der Waals surface area contributed by atoms with Crippen LogP contribution >= 0.6 is 0 Å². The summed E-state index contributed by atoms with van der Waals surface area (Å²) in [4.78, 5) is 52.9. The van der Waals surface area contributed by atoms with Crippen molar-refractivity contribution in [3.8, 4) is 0 Å². The van der Waals surface area contributed by atoms with Gasteiger partial charge in [-0.1, -0.05) is 67.9 Å². The minimum atomic E-state index is -3.41. The van der Waals surface area contributed by atoms with Crippen molar-refractivity contribution in [2.24, 2.45) is 68.0 Å². The van der Waals surface area contributed by atoms with Gasteiger partial charge >= 0.3 is 11.9 Å². The lowest BCUT2D eigenvalue weighted by molar-refractivity contribution is -0.238. The quantitative estimate of drug-likeness (QED) is 0.211. The molecule has 5 fully saturated rings. The van der Waals surface area contributed by atoms with Crippen LogP contribution in [0.15, 0.2) is 40.3 Å². The Morgan fingerprint density at radius 2 is 1.50 bits per heavy atom. The van der Waals surface area contributed by atoms with Crippen LogP contribution in [0.3, 0.4) is 0 Å². The SMILES string of the molecule is CC(C)C1=C2[C@H]3CC[C@@H]4[C@@]5(C)CC[C@H](OC(=O)[C@H]6C[C@@H](C(=O)O)C6(C)C)C(C)(C)[C@@H]5CC[C@@]4(C)[C@]3(C)CC[C@@]2([C@@H](O)CNC(=O)c2ccc(S(C)(=O)=O)cc2)CC1=O. The normalized spacial score (nSPS) is 39.3. The van der Waals surface area contributed by atoms with E-state index in [0.29, 0.717) is 30.2 Å². The van der Waals surface area contributed by atoms with Crippen LogP contribution in [-0.2, 0) is 29.0 Å². The number of ether oxygens (including phenoxy) is 1. The molecule has 1 aromatic rings.